The van der Waals surface area contributed by atoms with Crippen LogP contribution in [0.5, 0.6) is 11.5 Å². The lowest BCUT2D eigenvalue weighted by molar-refractivity contribution is -0.0496. The van der Waals surface area contributed by atoms with Crippen molar-refractivity contribution in [3.05, 3.63) is 39.6 Å². The summed E-state index contributed by atoms with van der Waals surface area (Å²) in [5.74, 6) is 1.14. The number of carbonyl (C=O) groups is 1. The predicted molar refractivity (Wildman–Crippen MR) is 143 cm³/mol. The number of aliphatic hydroxyl groups is 1. The number of hydrogen-bond acceptors (Lipinski definition) is 7. The molecule has 8 heteroatoms. The number of anilines is 1. The number of rotatable bonds is 10. The molecular weight excluding hydrogens is 466 g/mol. The Kier molecular flexibility index (Phi) is 8.62. The quantitative estimate of drug-likeness (QED) is 0.372. The monoisotopic (exact) mass is 503 g/mol. The number of thiophene rings is 1. The Labute approximate surface area is 209 Å². The van der Waals surface area contributed by atoms with Crippen LogP contribution in [-0.2, 0) is 4.43 Å². The Bertz CT molecular complexity index is 994. The van der Waals surface area contributed by atoms with Crippen LogP contribution in [0.1, 0.15) is 61.7 Å². The second kappa shape index (κ2) is 11.1. The Morgan fingerprint density at radius 2 is 1.85 bits per heavy atom. The fourth-order valence-electron chi connectivity index (χ4n) is 3.60. The van der Waals surface area contributed by atoms with Crippen LogP contribution in [0.2, 0.25) is 5.04 Å². The van der Waals surface area contributed by atoms with Gasteiger partial charge >= 0.3 is 0 Å². The molecule has 0 amide bonds. The van der Waals surface area contributed by atoms with Gasteiger partial charge in [0, 0.05) is 18.8 Å². The number of aliphatic hydroxyl groups excluding tert-OH is 1. The predicted octanol–water partition coefficient (Wildman–Crippen LogP) is 4.79. The highest BCUT2D eigenvalue weighted by Gasteiger charge is 2.39. The van der Waals surface area contributed by atoms with E-state index in [9.17, 15) is 9.90 Å². The maximum Gasteiger partial charge on any atom is 0.183 e. The van der Waals surface area contributed by atoms with Crippen molar-refractivity contribution >= 4 is 45.2 Å². The Morgan fingerprint density at radius 3 is 2.44 bits per heavy atom. The van der Waals surface area contributed by atoms with Crippen LogP contribution in [0.4, 0.5) is 5.69 Å². The van der Waals surface area contributed by atoms with E-state index < -0.39 is 15.4 Å². The molecule has 1 unspecified atom stereocenters. The molecule has 3 rings (SSSR count). The summed E-state index contributed by atoms with van der Waals surface area (Å²) in [6, 6.07) is 8.18. The first-order valence-corrected chi connectivity index (χ1v) is 13.9. The Morgan fingerprint density at radius 1 is 1.15 bits per heavy atom. The number of benzene rings is 1. The van der Waals surface area contributed by atoms with Crippen molar-refractivity contribution in [2.75, 3.05) is 31.2 Å². The van der Waals surface area contributed by atoms with Crippen LogP contribution in [0.25, 0.3) is 12.2 Å². The van der Waals surface area contributed by atoms with E-state index in [0.717, 1.165) is 29.0 Å². The van der Waals surface area contributed by atoms with E-state index in [-0.39, 0.29) is 17.7 Å². The SMILES string of the molecule is CCN(CCO)c1ccc(C=Cc2sc(C=O)c3c2OCC(C(C)(C)O[SiH2]C(C)(C)C)O3)cc1. The first kappa shape index (κ1) is 26.5. The third-order valence-electron chi connectivity index (χ3n) is 5.71. The van der Waals surface area contributed by atoms with Crippen molar-refractivity contribution < 1.29 is 23.8 Å². The summed E-state index contributed by atoms with van der Waals surface area (Å²) in [7, 11) is -0.765. The smallest absolute Gasteiger partial charge is 0.183 e. The zero-order chi connectivity index (χ0) is 24.9. The van der Waals surface area contributed by atoms with E-state index in [1.165, 1.54) is 11.3 Å². The summed E-state index contributed by atoms with van der Waals surface area (Å²) in [6.45, 7) is 14.7. The van der Waals surface area contributed by atoms with Crippen LogP contribution in [0, 0.1) is 0 Å². The molecule has 1 aliphatic heterocycles. The van der Waals surface area contributed by atoms with Crippen molar-refractivity contribution in [3.8, 4) is 11.5 Å². The van der Waals surface area contributed by atoms with Crippen molar-refractivity contribution in [2.45, 2.75) is 58.3 Å². The normalized spacial score (nSPS) is 16.5. The highest BCUT2D eigenvalue weighted by molar-refractivity contribution is 7.15. The second-order valence-electron chi connectivity index (χ2n) is 10.2. The molecule has 1 aromatic heterocycles. The minimum atomic E-state index is -0.765. The topological polar surface area (TPSA) is 68.2 Å². The zero-order valence-corrected chi connectivity index (χ0v) is 23.3. The molecule has 1 aliphatic rings. The molecule has 1 aromatic carbocycles. The molecule has 0 fully saturated rings. The van der Waals surface area contributed by atoms with Crippen molar-refractivity contribution in [2.24, 2.45) is 0 Å². The van der Waals surface area contributed by atoms with Crippen LogP contribution in [-0.4, -0.2) is 59.2 Å². The van der Waals surface area contributed by atoms with Gasteiger partial charge in [-0.2, -0.15) is 0 Å². The van der Waals surface area contributed by atoms with Gasteiger partial charge in [0.05, 0.1) is 17.1 Å². The average molecular weight is 504 g/mol. The molecule has 2 heterocycles. The third kappa shape index (κ3) is 6.50. The van der Waals surface area contributed by atoms with Gasteiger partial charge in [-0.3, -0.25) is 4.79 Å². The number of carbonyl (C=O) groups excluding carboxylic acids is 1. The summed E-state index contributed by atoms with van der Waals surface area (Å²) < 4.78 is 18.7. The lowest BCUT2D eigenvalue weighted by Gasteiger charge is -2.38. The molecule has 0 saturated heterocycles. The van der Waals surface area contributed by atoms with E-state index in [1.807, 2.05) is 50.3 Å². The highest BCUT2D eigenvalue weighted by Crippen LogP contribution is 2.46. The lowest BCUT2D eigenvalue weighted by Crippen LogP contribution is -2.49. The fourth-order valence-corrected chi connectivity index (χ4v) is 5.49. The molecule has 34 heavy (non-hydrogen) atoms. The maximum atomic E-state index is 11.8. The van der Waals surface area contributed by atoms with Gasteiger partial charge in [0.25, 0.3) is 0 Å². The van der Waals surface area contributed by atoms with Crippen LogP contribution < -0.4 is 14.4 Å². The Hall–Kier alpha value is -2.13. The van der Waals surface area contributed by atoms with Crippen molar-refractivity contribution in [1.29, 1.82) is 0 Å². The number of fused-ring (bicyclic) bond motifs is 1. The van der Waals surface area contributed by atoms with Crippen molar-refractivity contribution in [3.63, 3.8) is 0 Å². The van der Waals surface area contributed by atoms with Gasteiger partial charge in [-0.15, -0.1) is 11.3 Å². The summed E-state index contributed by atoms with van der Waals surface area (Å²) in [4.78, 5) is 15.3. The van der Waals surface area contributed by atoms with Gasteiger partial charge in [-0.05, 0) is 49.6 Å². The standard InChI is InChI=1S/C26H37NO5SSi/c1-7-27(14-15-28)19-11-8-18(9-12-19)10-13-20-23-24(21(16-29)33-20)31-22(17-30-23)26(5,6)32-34-25(2,3)4/h8-13,16,22,28H,7,14-15,17,34H2,1-6H3. The summed E-state index contributed by atoms with van der Waals surface area (Å²) in [5, 5.41) is 9.41. The molecule has 6 nitrogen and oxygen atoms in total. The zero-order valence-electron chi connectivity index (χ0n) is 21.1. The van der Waals surface area contributed by atoms with E-state index >= 15 is 0 Å². The number of aldehydes is 1. The van der Waals surface area contributed by atoms with E-state index in [0.29, 0.717) is 29.5 Å². The largest absolute Gasteiger partial charge is 0.484 e. The van der Waals surface area contributed by atoms with Crippen LogP contribution >= 0.6 is 11.3 Å². The molecule has 0 bridgehead atoms. The number of ether oxygens (including phenoxy) is 2. The number of likely N-dealkylation sites (N-methyl/N-ethyl adjacent to an activating group) is 1. The lowest BCUT2D eigenvalue weighted by atomic mass is 10.0. The molecule has 0 radical (unpaired) electrons. The maximum absolute atomic E-state index is 11.8. The molecule has 0 aliphatic carbocycles. The minimum Gasteiger partial charge on any atom is -0.484 e. The summed E-state index contributed by atoms with van der Waals surface area (Å²) in [6.07, 6.45) is 4.52. The first-order chi connectivity index (χ1) is 16.1. The highest BCUT2D eigenvalue weighted by atomic mass is 32.1. The fraction of sp³-hybridized carbons (Fsp3) is 0.500. The molecule has 0 spiro atoms. The molecule has 0 saturated carbocycles. The summed E-state index contributed by atoms with van der Waals surface area (Å²) >= 11 is 1.37. The van der Waals surface area contributed by atoms with Gasteiger partial charge in [-0.1, -0.05) is 39.0 Å². The molecule has 1 atom stereocenters. The Balaban J connectivity index is 1.76. The second-order valence-corrected chi connectivity index (χ2v) is 14.0. The minimum absolute atomic E-state index is 0.128. The number of hydrogen-bond donors (Lipinski definition) is 1. The average Bonchev–Trinajstić information content (AvgIpc) is 3.17. The molecule has 186 valence electrons. The van der Waals surface area contributed by atoms with Gasteiger partial charge in [0.15, 0.2) is 33.7 Å². The third-order valence-corrected chi connectivity index (χ3v) is 8.51. The van der Waals surface area contributed by atoms with Crippen LogP contribution in [0.3, 0.4) is 0 Å². The van der Waals surface area contributed by atoms with E-state index in [2.05, 4.69) is 32.6 Å². The molecule has 1 N–H and O–H groups in total. The van der Waals surface area contributed by atoms with Gasteiger partial charge in [0.2, 0.25) is 0 Å². The van der Waals surface area contributed by atoms with Crippen molar-refractivity contribution in [1.82, 2.24) is 0 Å². The van der Waals surface area contributed by atoms with Gasteiger partial charge in [-0.25, -0.2) is 0 Å². The summed E-state index contributed by atoms with van der Waals surface area (Å²) in [5.41, 5.74) is 1.61. The number of nitrogens with zero attached hydrogens (tertiary/aromatic N) is 1. The molecular formula is C26H37NO5SSi. The van der Waals surface area contributed by atoms with E-state index in [1.54, 1.807) is 0 Å². The van der Waals surface area contributed by atoms with Gasteiger partial charge in [0.1, 0.15) is 11.5 Å². The van der Waals surface area contributed by atoms with Gasteiger partial charge < -0.3 is 23.9 Å². The first-order valence-electron chi connectivity index (χ1n) is 11.8. The molecule has 2 aromatic rings. The van der Waals surface area contributed by atoms with E-state index in [4.69, 9.17) is 13.9 Å². The van der Waals surface area contributed by atoms with Crippen LogP contribution in [0.15, 0.2) is 24.3 Å².